The summed E-state index contributed by atoms with van der Waals surface area (Å²) in [5, 5.41) is 9.31. The number of benzene rings is 2. The van der Waals surface area contributed by atoms with E-state index in [-0.39, 0.29) is 18.0 Å². The molecule has 180 valence electrons. The molecule has 0 aliphatic heterocycles. The van der Waals surface area contributed by atoms with Crippen LogP contribution in [0.3, 0.4) is 0 Å². The van der Waals surface area contributed by atoms with Crippen molar-refractivity contribution >= 4 is 32.7 Å². The number of aryl methyl sites for hydroxylation is 2. The predicted molar refractivity (Wildman–Crippen MR) is 143 cm³/mol. The SMILES string of the molecule is Cc1cc(C)c(CNC(=O)c2cc(-c3cccc(CBr)c3)cc3c2cnn3C2CCCC2)c(=O)[nH]1. The minimum absolute atomic E-state index is 0.165. The van der Waals surface area contributed by atoms with E-state index in [1.54, 1.807) is 0 Å². The van der Waals surface area contributed by atoms with E-state index in [0.717, 1.165) is 51.5 Å². The van der Waals surface area contributed by atoms with Crippen LogP contribution in [0.2, 0.25) is 0 Å². The average Bonchev–Trinajstić information content (AvgIpc) is 3.52. The van der Waals surface area contributed by atoms with Crippen LogP contribution in [0.25, 0.3) is 22.0 Å². The number of H-pyrrole nitrogens is 1. The fourth-order valence-corrected chi connectivity index (χ4v) is 5.49. The first-order valence-corrected chi connectivity index (χ1v) is 13.2. The molecular formula is C28H29BrN4O2. The monoisotopic (exact) mass is 532 g/mol. The Morgan fingerprint density at radius 3 is 2.69 bits per heavy atom. The van der Waals surface area contributed by atoms with Crippen molar-refractivity contribution in [3.63, 3.8) is 0 Å². The lowest BCUT2D eigenvalue weighted by Gasteiger charge is -2.14. The summed E-state index contributed by atoms with van der Waals surface area (Å²) in [5.41, 5.74) is 6.85. The summed E-state index contributed by atoms with van der Waals surface area (Å²) < 4.78 is 2.10. The first kappa shape index (κ1) is 23.5. The largest absolute Gasteiger partial charge is 0.348 e. The molecule has 6 nitrogen and oxygen atoms in total. The van der Waals surface area contributed by atoms with E-state index < -0.39 is 0 Å². The summed E-state index contributed by atoms with van der Waals surface area (Å²) in [6.45, 7) is 3.92. The fourth-order valence-electron chi connectivity index (χ4n) is 5.14. The van der Waals surface area contributed by atoms with Gasteiger partial charge in [0.25, 0.3) is 11.5 Å². The quantitative estimate of drug-likeness (QED) is 0.301. The van der Waals surface area contributed by atoms with E-state index in [4.69, 9.17) is 5.10 Å². The number of alkyl halides is 1. The number of hydrogen-bond donors (Lipinski definition) is 2. The third kappa shape index (κ3) is 4.69. The van der Waals surface area contributed by atoms with E-state index in [1.807, 2.05) is 38.2 Å². The number of nitrogens with one attached hydrogen (secondary N) is 2. The highest BCUT2D eigenvalue weighted by Gasteiger charge is 2.23. The number of hydrogen-bond acceptors (Lipinski definition) is 3. The van der Waals surface area contributed by atoms with Crippen LogP contribution in [0.5, 0.6) is 0 Å². The van der Waals surface area contributed by atoms with Crippen LogP contribution in [0.15, 0.2) is 53.5 Å². The molecule has 0 saturated heterocycles. The number of carbonyl (C=O) groups excluding carboxylic acids is 1. The van der Waals surface area contributed by atoms with Crippen LogP contribution < -0.4 is 10.9 Å². The summed E-state index contributed by atoms with van der Waals surface area (Å²) in [4.78, 5) is 28.8. The molecule has 1 amide bonds. The molecule has 0 spiro atoms. The van der Waals surface area contributed by atoms with Crippen LogP contribution >= 0.6 is 15.9 Å². The number of halogens is 1. The topological polar surface area (TPSA) is 79.8 Å². The van der Waals surface area contributed by atoms with Crippen molar-refractivity contribution in [2.45, 2.75) is 57.4 Å². The number of carbonyl (C=O) groups is 1. The number of rotatable bonds is 6. The van der Waals surface area contributed by atoms with E-state index in [2.05, 4.69) is 55.2 Å². The second-order valence-electron chi connectivity index (χ2n) is 9.44. The number of aromatic nitrogens is 3. The van der Waals surface area contributed by atoms with E-state index in [0.29, 0.717) is 17.2 Å². The molecule has 2 aromatic carbocycles. The predicted octanol–water partition coefficient (Wildman–Crippen LogP) is 5.95. The molecule has 0 atom stereocenters. The lowest BCUT2D eigenvalue weighted by atomic mass is 9.98. The van der Waals surface area contributed by atoms with Crippen LogP contribution in [-0.2, 0) is 11.9 Å². The van der Waals surface area contributed by atoms with Crippen molar-refractivity contribution in [1.82, 2.24) is 20.1 Å². The van der Waals surface area contributed by atoms with E-state index >= 15 is 0 Å². The van der Waals surface area contributed by atoms with Crippen molar-refractivity contribution in [3.05, 3.63) is 87.0 Å². The van der Waals surface area contributed by atoms with Gasteiger partial charge in [-0.1, -0.05) is 53.0 Å². The number of nitrogens with zero attached hydrogens (tertiary/aromatic N) is 2. The normalized spacial score (nSPS) is 14.0. The third-order valence-corrected chi connectivity index (χ3v) is 7.61. The number of fused-ring (bicyclic) bond motifs is 1. The summed E-state index contributed by atoms with van der Waals surface area (Å²) in [7, 11) is 0. The smallest absolute Gasteiger partial charge is 0.253 e. The summed E-state index contributed by atoms with van der Waals surface area (Å²) >= 11 is 3.54. The molecule has 1 aliphatic carbocycles. The first-order valence-electron chi connectivity index (χ1n) is 12.1. The Hall–Kier alpha value is -3.19. The highest BCUT2D eigenvalue weighted by Crippen LogP contribution is 2.35. The second kappa shape index (κ2) is 9.82. The molecule has 2 aromatic heterocycles. The number of amides is 1. The Balaban J connectivity index is 1.56. The Morgan fingerprint density at radius 1 is 1.14 bits per heavy atom. The van der Waals surface area contributed by atoms with Crippen LogP contribution in [0.1, 0.15) is 64.5 Å². The molecule has 1 fully saturated rings. The Labute approximate surface area is 212 Å². The molecule has 7 heteroatoms. The summed E-state index contributed by atoms with van der Waals surface area (Å²) in [6, 6.07) is 14.7. The average molecular weight is 533 g/mol. The maximum absolute atomic E-state index is 13.5. The molecule has 1 saturated carbocycles. The number of aromatic amines is 1. The molecule has 1 aliphatic rings. The zero-order valence-corrected chi connectivity index (χ0v) is 21.6. The molecule has 0 radical (unpaired) electrons. The maximum Gasteiger partial charge on any atom is 0.253 e. The van der Waals surface area contributed by atoms with Crippen molar-refractivity contribution in [2.24, 2.45) is 0 Å². The van der Waals surface area contributed by atoms with Crippen LogP contribution in [0, 0.1) is 13.8 Å². The first-order chi connectivity index (χ1) is 16.9. The van der Waals surface area contributed by atoms with Crippen molar-refractivity contribution < 1.29 is 4.79 Å². The molecule has 35 heavy (non-hydrogen) atoms. The molecule has 2 N–H and O–H groups in total. The van der Waals surface area contributed by atoms with Gasteiger partial charge in [-0.25, -0.2) is 0 Å². The highest BCUT2D eigenvalue weighted by atomic mass is 79.9. The van der Waals surface area contributed by atoms with Crippen molar-refractivity contribution in [3.8, 4) is 11.1 Å². The molecule has 4 aromatic rings. The van der Waals surface area contributed by atoms with Gasteiger partial charge in [-0.2, -0.15) is 5.10 Å². The van der Waals surface area contributed by atoms with Gasteiger partial charge in [0, 0.05) is 28.5 Å². The van der Waals surface area contributed by atoms with Crippen molar-refractivity contribution in [1.29, 1.82) is 0 Å². The Kier molecular flexibility index (Phi) is 6.60. The van der Waals surface area contributed by atoms with Crippen LogP contribution in [-0.4, -0.2) is 20.7 Å². The van der Waals surface area contributed by atoms with Gasteiger partial charge in [0.1, 0.15) is 0 Å². The van der Waals surface area contributed by atoms with Gasteiger partial charge in [-0.15, -0.1) is 0 Å². The van der Waals surface area contributed by atoms with E-state index in [1.165, 1.54) is 18.4 Å². The minimum atomic E-state index is -0.209. The fraction of sp³-hybridized carbons (Fsp3) is 0.321. The van der Waals surface area contributed by atoms with Gasteiger partial charge in [0.05, 0.1) is 23.3 Å². The van der Waals surface area contributed by atoms with E-state index in [9.17, 15) is 9.59 Å². The molecular weight excluding hydrogens is 504 g/mol. The van der Waals surface area contributed by atoms with Crippen LogP contribution in [0.4, 0.5) is 0 Å². The molecule has 5 rings (SSSR count). The lowest BCUT2D eigenvalue weighted by molar-refractivity contribution is 0.0952. The van der Waals surface area contributed by atoms with Crippen molar-refractivity contribution in [2.75, 3.05) is 0 Å². The molecule has 2 heterocycles. The standard InChI is InChI=1S/C28H29BrN4O2/c1-17-10-18(2)32-28(35)24(17)15-30-27(34)23-12-21(20-7-5-6-19(11-20)14-29)13-26-25(23)16-31-33(26)22-8-3-4-9-22/h5-7,10-13,16,22H,3-4,8-9,14-15H2,1-2H3,(H,30,34)(H,32,35). The van der Waals surface area contributed by atoms with Gasteiger partial charge < -0.3 is 10.3 Å². The maximum atomic E-state index is 13.5. The lowest BCUT2D eigenvalue weighted by Crippen LogP contribution is -2.28. The van der Waals surface area contributed by atoms with Gasteiger partial charge in [0.2, 0.25) is 0 Å². The summed E-state index contributed by atoms with van der Waals surface area (Å²) in [6.07, 6.45) is 6.44. The van der Waals surface area contributed by atoms with Gasteiger partial charge in [0.15, 0.2) is 0 Å². The van der Waals surface area contributed by atoms with Gasteiger partial charge in [-0.05, 0) is 67.1 Å². The summed E-state index contributed by atoms with van der Waals surface area (Å²) in [5.74, 6) is -0.209. The third-order valence-electron chi connectivity index (χ3n) is 6.97. The number of pyridine rings is 1. The Bertz CT molecular complexity index is 1460. The Morgan fingerprint density at radius 2 is 1.94 bits per heavy atom. The molecule has 0 bridgehead atoms. The zero-order chi connectivity index (χ0) is 24.5. The molecule has 0 unspecified atom stereocenters. The van der Waals surface area contributed by atoms with Gasteiger partial charge >= 0.3 is 0 Å². The second-order valence-corrected chi connectivity index (χ2v) is 10.0. The zero-order valence-electron chi connectivity index (χ0n) is 20.0. The minimum Gasteiger partial charge on any atom is -0.348 e. The highest BCUT2D eigenvalue weighted by molar-refractivity contribution is 9.08. The van der Waals surface area contributed by atoms with Gasteiger partial charge in [-0.3, -0.25) is 14.3 Å².